The Labute approximate surface area is 222 Å². The topological polar surface area (TPSA) is 124 Å². The minimum Gasteiger partial charge on any atom is -0.482 e. The van der Waals surface area contributed by atoms with E-state index in [9.17, 15) is 14.0 Å². The fraction of sp³-hybridized carbons (Fsp3) is 0.269. The SMILES string of the molecule is C[C@@H](Oc1cc(-c2ccc3c(c2)NC(=O)C32CCN(C(N)=O)CC2)cnc1N)c1c(Cl)ccc(F)c1Cl. The highest BCUT2D eigenvalue weighted by molar-refractivity contribution is 6.36. The molecule has 1 spiro atoms. The molecule has 0 saturated carbocycles. The molecule has 37 heavy (non-hydrogen) atoms. The van der Waals surface area contributed by atoms with Gasteiger partial charge in [0.15, 0.2) is 11.6 Å². The number of nitrogens with one attached hydrogen (secondary N) is 1. The van der Waals surface area contributed by atoms with Gasteiger partial charge in [-0.2, -0.15) is 0 Å². The van der Waals surface area contributed by atoms with E-state index >= 15 is 0 Å². The van der Waals surface area contributed by atoms with Gasteiger partial charge in [0.25, 0.3) is 0 Å². The molecular formula is C26H24Cl2FN5O3. The molecule has 2 aliphatic heterocycles. The number of pyridine rings is 1. The monoisotopic (exact) mass is 543 g/mol. The molecule has 5 N–H and O–H groups in total. The number of rotatable bonds is 4. The number of fused-ring (bicyclic) bond motifs is 2. The largest absolute Gasteiger partial charge is 0.482 e. The van der Waals surface area contributed by atoms with Crippen LogP contribution < -0.4 is 21.5 Å². The Bertz CT molecular complexity index is 1430. The van der Waals surface area contributed by atoms with Crippen LogP contribution in [-0.4, -0.2) is 34.9 Å². The summed E-state index contributed by atoms with van der Waals surface area (Å²) in [6.45, 7) is 2.53. The van der Waals surface area contributed by atoms with Crippen molar-refractivity contribution in [2.45, 2.75) is 31.3 Å². The van der Waals surface area contributed by atoms with E-state index in [1.54, 1.807) is 24.1 Å². The summed E-state index contributed by atoms with van der Waals surface area (Å²) in [4.78, 5) is 30.4. The number of nitrogens with two attached hydrogens (primary N) is 2. The van der Waals surface area contributed by atoms with Crippen LogP contribution in [0.1, 0.15) is 37.0 Å². The molecule has 1 atom stereocenters. The lowest BCUT2D eigenvalue weighted by Crippen LogP contribution is -2.49. The van der Waals surface area contributed by atoms with Gasteiger partial charge in [-0.3, -0.25) is 4.79 Å². The molecule has 8 nitrogen and oxygen atoms in total. The summed E-state index contributed by atoms with van der Waals surface area (Å²) < 4.78 is 20.0. The van der Waals surface area contributed by atoms with E-state index in [0.29, 0.717) is 42.7 Å². The van der Waals surface area contributed by atoms with Crippen molar-refractivity contribution in [2.24, 2.45) is 5.73 Å². The Kier molecular flexibility index (Phi) is 6.37. The second-order valence-electron chi connectivity index (χ2n) is 9.25. The number of amides is 3. The predicted octanol–water partition coefficient (Wildman–Crippen LogP) is 5.28. The number of nitrogens with zero attached hydrogens (tertiary/aromatic N) is 2. The van der Waals surface area contributed by atoms with Gasteiger partial charge in [0.2, 0.25) is 5.91 Å². The fourth-order valence-corrected chi connectivity index (χ4v) is 5.76. The molecule has 3 amide bonds. The Morgan fingerprint density at radius 2 is 1.92 bits per heavy atom. The number of primary amides is 1. The molecule has 192 valence electrons. The number of anilines is 2. The van der Waals surface area contributed by atoms with E-state index in [-0.39, 0.29) is 27.5 Å². The lowest BCUT2D eigenvalue weighted by Gasteiger charge is -2.37. The zero-order valence-electron chi connectivity index (χ0n) is 19.9. The summed E-state index contributed by atoms with van der Waals surface area (Å²) in [5.41, 5.74) is 14.2. The van der Waals surface area contributed by atoms with Gasteiger partial charge in [0.1, 0.15) is 11.9 Å². The molecular weight excluding hydrogens is 520 g/mol. The number of halogens is 3. The van der Waals surface area contributed by atoms with Crippen LogP contribution in [0.3, 0.4) is 0 Å². The lowest BCUT2D eigenvalue weighted by molar-refractivity contribution is -0.122. The lowest BCUT2D eigenvalue weighted by atomic mass is 9.73. The second-order valence-corrected chi connectivity index (χ2v) is 10.0. The van der Waals surface area contributed by atoms with Crippen LogP contribution in [0.5, 0.6) is 5.75 Å². The summed E-state index contributed by atoms with van der Waals surface area (Å²) in [5, 5.41) is 3.15. The van der Waals surface area contributed by atoms with Crippen molar-refractivity contribution in [3.05, 3.63) is 69.6 Å². The number of piperidine rings is 1. The van der Waals surface area contributed by atoms with Crippen molar-refractivity contribution < 1.29 is 18.7 Å². The van der Waals surface area contributed by atoms with Crippen molar-refractivity contribution in [1.82, 2.24) is 9.88 Å². The molecule has 1 fully saturated rings. The number of hydrogen-bond donors (Lipinski definition) is 3. The van der Waals surface area contributed by atoms with Gasteiger partial charge in [-0.15, -0.1) is 0 Å². The molecule has 1 saturated heterocycles. The highest BCUT2D eigenvalue weighted by Gasteiger charge is 2.48. The van der Waals surface area contributed by atoms with Crippen LogP contribution in [0.15, 0.2) is 42.6 Å². The standard InChI is InChI=1S/C26H24Cl2FN5O3/c1-13(21-17(27)4-5-18(29)22(21)28)37-20-11-15(12-32-23(20)30)14-2-3-16-19(10-14)33-24(35)26(16)6-8-34(9-7-26)25(31)36/h2-5,10-13H,6-9H2,1H3,(H2,30,32)(H2,31,36)(H,33,35)/t13-/m1/s1. The maximum Gasteiger partial charge on any atom is 0.314 e. The van der Waals surface area contributed by atoms with Crippen LogP contribution in [0, 0.1) is 5.82 Å². The Morgan fingerprint density at radius 3 is 2.62 bits per heavy atom. The van der Waals surface area contributed by atoms with Crippen LogP contribution in [-0.2, 0) is 10.2 Å². The first-order chi connectivity index (χ1) is 17.6. The maximum absolute atomic E-state index is 14.0. The third-order valence-corrected chi connectivity index (χ3v) is 7.87. The van der Waals surface area contributed by atoms with Crippen molar-refractivity contribution in [3.63, 3.8) is 0 Å². The van der Waals surface area contributed by atoms with E-state index in [4.69, 9.17) is 39.4 Å². The van der Waals surface area contributed by atoms with E-state index in [1.807, 2.05) is 18.2 Å². The average molecular weight is 544 g/mol. The minimum atomic E-state index is -0.708. The van der Waals surface area contributed by atoms with Gasteiger partial charge >= 0.3 is 6.03 Å². The van der Waals surface area contributed by atoms with E-state index in [0.717, 1.165) is 11.1 Å². The van der Waals surface area contributed by atoms with E-state index in [2.05, 4.69) is 10.3 Å². The first-order valence-corrected chi connectivity index (χ1v) is 12.4. The molecule has 0 radical (unpaired) electrons. The number of hydrogen-bond acceptors (Lipinski definition) is 5. The number of urea groups is 1. The first kappa shape index (κ1) is 25.1. The van der Waals surface area contributed by atoms with Crippen LogP contribution in [0.25, 0.3) is 11.1 Å². The summed E-state index contributed by atoms with van der Waals surface area (Å²) in [6, 6.07) is 9.56. The molecule has 2 aliphatic rings. The third-order valence-electron chi connectivity index (χ3n) is 7.15. The van der Waals surface area contributed by atoms with Crippen molar-refractivity contribution in [2.75, 3.05) is 24.1 Å². The summed E-state index contributed by atoms with van der Waals surface area (Å²) >= 11 is 12.4. The molecule has 2 aromatic carbocycles. The molecule has 0 bridgehead atoms. The van der Waals surface area contributed by atoms with Crippen molar-refractivity contribution in [3.8, 4) is 16.9 Å². The Morgan fingerprint density at radius 1 is 1.19 bits per heavy atom. The zero-order valence-corrected chi connectivity index (χ0v) is 21.4. The molecule has 3 aromatic rings. The number of likely N-dealkylation sites (tertiary alicyclic amines) is 1. The smallest absolute Gasteiger partial charge is 0.314 e. The predicted molar refractivity (Wildman–Crippen MR) is 140 cm³/mol. The number of carbonyl (C=O) groups excluding carboxylic acids is 2. The average Bonchev–Trinajstić information content (AvgIpc) is 3.13. The number of nitrogen functional groups attached to an aromatic ring is 1. The van der Waals surface area contributed by atoms with Crippen LogP contribution >= 0.6 is 23.2 Å². The second kappa shape index (κ2) is 9.39. The molecule has 3 heterocycles. The number of ether oxygens (including phenoxy) is 1. The molecule has 1 aromatic heterocycles. The van der Waals surface area contributed by atoms with Gasteiger partial charge in [-0.25, -0.2) is 14.2 Å². The Balaban J connectivity index is 1.42. The zero-order chi connectivity index (χ0) is 26.5. The van der Waals surface area contributed by atoms with E-state index in [1.165, 1.54) is 12.1 Å². The van der Waals surface area contributed by atoms with Gasteiger partial charge in [0.05, 0.1) is 10.4 Å². The molecule has 0 aliphatic carbocycles. The number of carbonyl (C=O) groups is 2. The van der Waals surface area contributed by atoms with Gasteiger partial charge < -0.3 is 26.4 Å². The highest BCUT2D eigenvalue weighted by Crippen LogP contribution is 2.46. The third kappa shape index (κ3) is 4.32. The number of benzene rings is 2. The summed E-state index contributed by atoms with van der Waals surface area (Å²) in [7, 11) is 0. The van der Waals surface area contributed by atoms with Crippen LogP contribution in [0.2, 0.25) is 10.0 Å². The molecule has 11 heteroatoms. The molecule has 5 rings (SSSR count). The van der Waals surface area contributed by atoms with E-state index < -0.39 is 23.4 Å². The van der Waals surface area contributed by atoms with Gasteiger partial charge in [-0.1, -0.05) is 35.3 Å². The maximum atomic E-state index is 14.0. The van der Waals surface area contributed by atoms with Crippen LogP contribution in [0.4, 0.5) is 20.7 Å². The first-order valence-electron chi connectivity index (χ1n) is 11.7. The molecule has 0 unspecified atom stereocenters. The quantitative estimate of drug-likeness (QED) is 0.386. The normalized spacial score (nSPS) is 16.9. The van der Waals surface area contributed by atoms with Gasteiger partial charge in [-0.05, 0) is 55.2 Å². The van der Waals surface area contributed by atoms with Crippen molar-refractivity contribution in [1.29, 1.82) is 0 Å². The fourth-order valence-electron chi connectivity index (χ4n) is 5.09. The van der Waals surface area contributed by atoms with Gasteiger partial charge in [0, 0.05) is 41.1 Å². The minimum absolute atomic E-state index is 0.0825. The summed E-state index contributed by atoms with van der Waals surface area (Å²) in [6.07, 6.45) is 1.90. The highest BCUT2D eigenvalue weighted by atomic mass is 35.5. The summed E-state index contributed by atoms with van der Waals surface area (Å²) in [5.74, 6) is -0.259. The number of aromatic nitrogens is 1. The Hall–Kier alpha value is -3.56. The van der Waals surface area contributed by atoms with Crippen molar-refractivity contribution >= 4 is 46.6 Å².